The van der Waals surface area contributed by atoms with Crippen LogP contribution in [0, 0.1) is 25.5 Å². The van der Waals surface area contributed by atoms with Gasteiger partial charge in [0, 0.05) is 0 Å². The summed E-state index contributed by atoms with van der Waals surface area (Å²) in [5, 5.41) is 15.4. The first-order chi connectivity index (χ1) is 12.4. The number of aryl methyl sites for hydroxylation is 3. The summed E-state index contributed by atoms with van der Waals surface area (Å²) >= 11 is 11.5. The van der Waals surface area contributed by atoms with Gasteiger partial charge < -0.3 is 0 Å². The fourth-order valence-electron chi connectivity index (χ4n) is 2.38. The third-order valence-electron chi connectivity index (χ3n) is 3.88. The van der Waals surface area contributed by atoms with Gasteiger partial charge in [0.25, 0.3) is 5.56 Å². The van der Waals surface area contributed by atoms with Crippen LogP contribution in [0.15, 0.2) is 34.2 Å². The minimum Gasteiger partial charge on any atom is -0.265 e. The highest BCUT2D eigenvalue weighted by Gasteiger charge is 2.12. The molecule has 2 heterocycles. The Morgan fingerprint density at radius 3 is 2.62 bits per heavy atom. The van der Waals surface area contributed by atoms with Crippen molar-refractivity contribution in [3.63, 3.8) is 0 Å². The summed E-state index contributed by atoms with van der Waals surface area (Å²) < 4.78 is 2.88. The molecule has 7 nitrogen and oxygen atoms in total. The SMILES string of the molecule is Cc1ccc(Cn2nc(C)c(C=Nn3c(=S)[nH]nc(C)c3=O)c2Cl)cc1. The van der Waals surface area contributed by atoms with Gasteiger partial charge >= 0.3 is 0 Å². The second kappa shape index (κ2) is 7.35. The van der Waals surface area contributed by atoms with Crippen molar-refractivity contribution in [2.24, 2.45) is 5.10 Å². The molecular weight excluding hydrogens is 372 g/mol. The zero-order chi connectivity index (χ0) is 18.8. The number of hydrogen-bond acceptors (Lipinski definition) is 5. The van der Waals surface area contributed by atoms with Crippen LogP contribution in [0.5, 0.6) is 0 Å². The summed E-state index contributed by atoms with van der Waals surface area (Å²) in [7, 11) is 0. The van der Waals surface area contributed by atoms with Gasteiger partial charge in [-0.3, -0.25) is 9.89 Å². The summed E-state index contributed by atoms with van der Waals surface area (Å²) in [4.78, 5) is 12.1. The van der Waals surface area contributed by atoms with Crippen LogP contribution in [-0.4, -0.2) is 30.9 Å². The van der Waals surface area contributed by atoms with Crippen molar-refractivity contribution < 1.29 is 0 Å². The standard InChI is InChI=1S/C17H17ClN6OS/c1-10-4-6-13(7-5-10)9-23-15(18)14(11(2)22-23)8-19-24-16(25)12(3)20-21-17(24)26/h4-8H,9H2,1-3H3,(H,21,26). The highest BCUT2D eigenvalue weighted by atomic mass is 35.5. The van der Waals surface area contributed by atoms with Crippen molar-refractivity contribution in [3.05, 3.63) is 72.6 Å². The first-order valence-electron chi connectivity index (χ1n) is 7.88. The van der Waals surface area contributed by atoms with Crippen LogP contribution in [0.3, 0.4) is 0 Å². The molecule has 3 aromatic rings. The van der Waals surface area contributed by atoms with Crippen LogP contribution < -0.4 is 5.56 Å². The van der Waals surface area contributed by atoms with Crippen molar-refractivity contribution in [2.45, 2.75) is 27.3 Å². The first-order valence-corrected chi connectivity index (χ1v) is 8.66. The minimum absolute atomic E-state index is 0.109. The predicted octanol–water partition coefficient (Wildman–Crippen LogP) is 3.01. The highest BCUT2D eigenvalue weighted by molar-refractivity contribution is 7.71. The fourth-order valence-corrected chi connectivity index (χ4v) is 2.84. The molecule has 3 rings (SSSR count). The maximum Gasteiger partial charge on any atom is 0.296 e. The van der Waals surface area contributed by atoms with Gasteiger partial charge in [-0.1, -0.05) is 41.4 Å². The second-order valence-electron chi connectivity index (χ2n) is 5.91. The largest absolute Gasteiger partial charge is 0.296 e. The Morgan fingerprint density at radius 1 is 1.23 bits per heavy atom. The maximum absolute atomic E-state index is 12.1. The first kappa shape index (κ1) is 18.2. The number of hydrogen-bond donors (Lipinski definition) is 1. The van der Waals surface area contributed by atoms with E-state index in [-0.39, 0.29) is 16.0 Å². The van der Waals surface area contributed by atoms with E-state index >= 15 is 0 Å². The van der Waals surface area contributed by atoms with Crippen LogP contribution in [0.25, 0.3) is 0 Å². The fraction of sp³-hybridized carbons (Fsp3) is 0.235. The Bertz CT molecular complexity index is 1090. The molecule has 0 aliphatic carbocycles. The Hall–Kier alpha value is -2.58. The van der Waals surface area contributed by atoms with Gasteiger partial charge in [-0.05, 0) is 38.6 Å². The van der Waals surface area contributed by atoms with E-state index in [1.165, 1.54) is 11.8 Å². The number of benzene rings is 1. The molecule has 0 saturated heterocycles. The molecule has 0 atom stereocenters. The summed E-state index contributed by atoms with van der Waals surface area (Å²) in [6.45, 7) is 6.00. The Kier molecular flexibility index (Phi) is 5.15. The van der Waals surface area contributed by atoms with Gasteiger partial charge in [-0.25, -0.2) is 4.68 Å². The van der Waals surface area contributed by atoms with E-state index in [1.807, 2.05) is 38.1 Å². The normalized spacial score (nSPS) is 11.4. The average Bonchev–Trinajstić information content (AvgIpc) is 2.87. The molecule has 2 aromatic heterocycles. The van der Waals surface area contributed by atoms with Crippen LogP contribution in [0.4, 0.5) is 0 Å². The lowest BCUT2D eigenvalue weighted by atomic mass is 10.1. The molecule has 1 aromatic carbocycles. The van der Waals surface area contributed by atoms with E-state index in [0.717, 1.165) is 10.2 Å². The predicted molar refractivity (Wildman–Crippen MR) is 104 cm³/mol. The number of halogens is 1. The van der Waals surface area contributed by atoms with E-state index in [4.69, 9.17) is 23.8 Å². The third kappa shape index (κ3) is 3.66. The number of rotatable bonds is 4. The molecule has 0 bridgehead atoms. The lowest BCUT2D eigenvalue weighted by Gasteiger charge is -2.04. The quantitative estimate of drug-likeness (QED) is 0.550. The molecule has 0 saturated carbocycles. The van der Waals surface area contributed by atoms with Crippen LogP contribution in [-0.2, 0) is 6.54 Å². The molecule has 9 heteroatoms. The van der Waals surface area contributed by atoms with Crippen molar-refractivity contribution in [1.29, 1.82) is 0 Å². The van der Waals surface area contributed by atoms with Crippen molar-refractivity contribution in [1.82, 2.24) is 24.7 Å². The van der Waals surface area contributed by atoms with Gasteiger partial charge in [0.05, 0.1) is 24.0 Å². The Labute approximate surface area is 160 Å². The van der Waals surface area contributed by atoms with Crippen LogP contribution >= 0.6 is 23.8 Å². The lowest BCUT2D eigenvalue weighted by molar-refractivity contribution is 0.680. The molecule has 0 unspecified atom stereocenters. The molecule has 0 spiro atoms. The van der Waals surface area contributed by atoms with Crippen molar-refractivity contribution >= 4 is 30.0 Å². The van der Waals surface area contributed by atoms with Gasteiger partial charge in [0.15, 0.2) is 0 Å². The van der Waals surface area contributed by atoms with E-state index < -0.39 is 0 Å². The number of nitrogens with zero attached hydrogens (tertiary/aromatic N) is 5. The van der Waals surface area contributed by atoms with Crippen LogP contribution in [0.1, 0.15) is 28.1 Å². The van der Waals surface area contributed by atoms with E-state index in [0.29, 0.717) is 23.0 Å². The Balaban J connectivity index is 1.94. The molecule has 0 radical (unpaired) electrons. The highest BCUT2D eigenvalue weighted by Crippen LogP contribution is 2.19. The molecule has 1 N–H and O–H groups in total. The van der Waals surface area contributed by atoms with Gasteiger partial charge in [0.1, 0.15) is 10.8 Å². The second-order valence-corrected chi connectivity index (χ2v) is 6.65. The smallest absolute Gasteiger partial charge is 0.265 e. The summed E-state index contributed by atoms with van der Waals surface area (Å²) in [5.74, 6) is 0. The van der Waals surface area contributed by atoms with Gasteiger partial charge in [0.2, 0.25) is 4.77 Å². The van der Waals surface area contributed by atoms with Crippen LogP contribution in [0.2, 0.25) is 5.15 Å². The van der Waals surface area contributed by atoms with E-state index in [1.54, 1.807) is 11.6 Å². The number of aromatic nitrogens is 5. The number of nitrogens with one attached hydrogen (secondary N) is 1. The van der Waals surface area contributed by atoms with Gasteiger partial charge in [-0.15, -0.1) is 0 Å². The maximum atomic E-state index is 12.1. The summed E-state index contributed by atoms with van der Waals surface area (Å²) in [5.41, 5.74) is 3.51. The molecule has 0 fully saturated rings. The summed E-state index contributed by atoms with van der Waals surface area (Å²) in [6.07, 6.45) is 1.49. The monoisotopic (exact) mass is 388 g/mol. The average molecular weight is 389 g/mol. The lowest BCUT2D eigenvalue weighted by Crippen LogP contribution is -2.22. The van der Waals surface area contributed by atoms with Crippen molar-refractivity contribution in [2.75, 3.05) is 0 Å². The molecule has 26 heavy (non-hydrogen) atoms. The number of H-pyrrole nitrogens is 1. The third-order valence-corrected chi connectivity index (χ3v) is 4.54. The van der Waals surface area contributed by atoms with E-state index in [2.05, 4.69) is 20.4 Å². The summed E-state index contributed by atoms with van der Waals surface area (Å²) in [6, 6.07) is 8.16. The molecule has 0 amide bonds. The molecule has 0 aliphatic heterocycles. The zero-order valence-electron chi connectivity index (χ0n) is 14.5. The van der Waals surface area contributed by atoms with Gasteiger partial charge in [-0.2, -0.15) is 20.0 Å². The molecular formula is C17H17ClN6OS. The minimum atomic E-state index is -0.383. The molecule has 0 aliphatic rings. The van der Waals surface area contributed by atoms with Crippen molar-refractivity contribution in [3.8, 4) is 0 Å². The Morgan fingerprint density at radius 2 is 1.92 bits per heavy atom. The molecule has 134 valence electrons. The van der Waals surface area contributed by atoms with E-state index in [9.17, 15) is 4.79 Å². The topological polar surface area (TPSA) is 80.9 Å². The number of aromatic amines is 1. The zero-order valence-corrected chi connectivity index (χ0v) is 16.1.